The minimum Gasteiger partial charge on any atom is -0.440 e. The summed E-state index contributed by atoms with van der Waals surface area (Å²) in [5, 5.41) is 2.30. The molecule has 2 aromatic rings. The SMILES string of the molecule is NC(=O)c1ccc(F)c(NC(=O)c2ccc(Cl)o2)c1. The van der Waals surface area contributed by atoms with Crippen LogP contribution in [-0.4, -0.2) is 11.8 Å². The average Bonchev–Trinajstić information content (AvgIpc) is 2.78. The monoisotopic (exact) mass is 282 g/mol. The topological polar surface area (TPSA) is 85.3 Å². The van der Waals surface area contributed by atoms with Crippen molar-refractivity contribution in [3.8, 4) is 0 Å². The maximum Gasteiger partial charge on any atom is 0.291 e. The number of hydrogen-bond donors (Lipinski definition) is 2. The summed E-state index contributed by atoms with van der Waals surface area (Å²) in [6.45, 7) is 0. The van der Waals surface area contributed by atoms with Crippen molar-refractivity contribution < 1.29 is 18.4 Å². The Balaban J connectivity index is 2.25. The van der Waals surface area contributed by atoms with Gasteiger partial charge in [-0.1, -0.05) is 0 Å². The number of nitrogens with one attached hydrogen (secondary N) is 1. The first-order valence-corrected chi connectivity index (χ1v) is 5.51. The second-order valence-corrected chi connectivity index (χ2v) is 3.99. The molecule has 7 heteroatoms. The summed E-state index contributed by atoms with van der Waals surface area (Å²) < 4.78 is 18.4. The highest BCUT2D eigenvalue weighted by Crippen LogP contribution is 2.19. The first-order valence-electron chi connectivity index (χ1n) is 5.13. The third-order valence-corrected chi connectivity index (χ3v) is 2.50. The largest absolute Gasteiger partial charge is 0.440 e. The van der Waals surface area contributed by atoms with Gasteiger partial charge in [0.15, 0.2) is 11.0 Å². The summed E-state index contributed by atoms with van der Waals surface area (Å²) in [4.78, 5) is 22.7. The standard InChI is InChI=1S/C12H8ClFN2O3/c13-10-4-3-9(19-10)12(18)16-8-5-6(11(15)17)1-2-7(8)14/h1-5H,(H2,15,17)(H,16,18). The molecule has 0 saturated heterocycles. The lowest BCUT2D eigenvalue weighted by Gasteiger charge is -2.06. The number of anilines is 1. The normalized spacial score (nSPS) is 10.2. The number of hydrogen-bond acceptors (Lipinski definition) is 3. The molecular weight excluding hydrogens is 275 g/mol. The van der Waals surface area contributed by atoms with E-state index in [-0.39, 0.29) is 22.2 Å². The number of halogens is 2. The zero-order chi connectivity index (χ0) is 14.0. The summed E-state index contributed by atoms with van der Waals surface area (Å²) in [5.41, 5.74) is 4.97. The van der Waals surface area contributed by atoms with Crippen LogP contribution < -0.4 is 11.1 Å². The molecule has 2 amide bonds. The molecule has 1 heterocycles. The van der Waals surface area contributed by atoms with Gasteiger partial charge in [-0.05, 0) is 41.9 Å². The Bertz CT molecular complexity index is 654. The molecular formula is C12H8ClFN2O3. The summed E-state index contributed by atoms with van der Waals surface area (Å²) in [6.07, 6.45) is 0. The number of rotatable bonds is 3. The highest BCUT2D eigenvalue weighted by atomic mass is 35.5. The van der Waals surface area contributed by atoms with Crippen LogP contribution in [0.1, 0.15) is 20.9 Å². The molecule has 5 nitrogen and oxygen atoms in total. The van der Waals surface area contributed by atoms with Crippen molar-refractivity contribution in [2.24, 2.45) is 5.73 Å². The highest BCUT2D eigenvalue weighted by Gasteiger charge is 2.14. The van der Waals surface area contributed by atoms with Crippen LogP contribution in [0.25, 0.3) is 0 Å². The van der Waals surface area contributed by atoms with E-state index in [1.54, 1.807) is 0 Å². The van der Waals surface area contributed by atoms with E-state index in [2.05, 4.69) is 5.32 Å². The highest BCUT2D eigenvalue weighted by molar-refractivity contribution is 6.29. The Kier molecular flexibility index (Phi) is 3.52. The van der Waals surface area contributed by atoms with Gasteiger partial charge in [0.25, 0.3) is 5.91 Å². The third kappa shape index (κ3) is 2.92. The molecule has 0 radical (unpaired) electrons. The van der Waals surface area contributed by atoms with Gasteiger partial charge in [0.1, 0.15) is 5.82 Å². The van der Waals surface area contributed by atoms with E-state index in [1.807, 2.05) is 0 Å². The smallest absolute Gasteiger partial charge is 0.291 e. The first-order chi connectivity index (χ1) is 8.97. The number of carbonyl (C=O) groups is 2. The zero-order valence-electron chi connectivity index (χ0n) is 9.44. The zero-order valence-corrected chi connectivity index (χ0v) is 10.2. The van der Waals surface area contributed by atoms with Gasteiger partial charge in [-0.15, -0.1) is 0 Å². The molecule has 2 rings (SSSR count). The van der Waals surface area contributed by atoms with E-state index in [4.69, 9.17) is 21.8 Å². The van der Waals surface area contributed by atoms with Gasteiger partial charge >= 0.3 is 0 Å². The molecule has 0 fully saturated rings. The summed E-state index contributed by atoms with van der Waals surface area (Å²) in [6, 6.07) is 6.11. The van der Waals surface area contributed by atoms with Crippen molar-refractivity contribution >= 4 is 29.1 Å². The molecule has 1 aromatic carbocycles. The summed E-state index contributed by atoms with van der Waals surface area (Å²) >= 11 is 5.52. The van der Waals surface area contributed by atoms with Crippen molar-refractivity contribution in [2.45, 2.75) is 0 Å². The predicted molar refractivity (Wildman–Crippen MR) is 66.6 cm³/mol. The van der Waals surface area contributed by atoms with Crippen molar-refractivity contribution in [1.82, 2.24) is 0 Å². The Morgan fingerprint density at radius 1 is 1.26 bits per heavy atom. The molecule has 0 atom stereocenters. The molecule has 0 unspecified atom stereocenters. The van der Waals surface area contributed by atoms with Crippen LogP contribution >= 0.6 is 11.6 Å². The van der Waals surface area contributed by atoms with Crippen LogP contribution in [0, 0.1) is 5.82 Å². The number of nitrogens with two attached hydrogens (primary N) is 1. The van der Waals surface area contributed by atoms with Gasteiger partial charge < -0.3 is 15.5 Å². The number of furan rings is 1. The molecule has 0 bridgehead atoms. The average molecular weight is 283 g/mol. The van der Waals surface area contributed by atoms with Crippen molar-refractivity contribution in [1.29, 1.82) is 0 Å². The van der Waals surface area contributed by atoms with Gasteiger partial charge in [0, 0.05) is 5.56 Å². The van der Waals surface area contributed by atoms with Crippen molar-refractivity contribution in [3.63, 3.8) is 0 Å². The predicted octanol–water partition coefficient (Wildman–Crippen LogP) is 2.42. The van der Waals surface area contributed by atoms with Gasteiger partial charge in [0.2, 0.25) is 5.91 Å². The minimum absolute atomic E-state index is 0.0384. The van der Waals surface area contributed by atoms with Crippen molar-refractivity contribution in [3.05, 3.63) is 52.7 Å². The van der Waals surface area contributed by atoms with E-state index in [0.29, 0.717) is 0 Å². The number of carbonyl (C=O) groups excluding carboxylic acids is 2. The van der Waals surface area contributed by atoms with Gasteiger partial charge in [-0.25, -0.2) is 4.39 Å². The second-order valence-electron chi connectivity index (χ2n) is 3.62. The molecule has 0 spiro atoms. The maximum absolute atomic E-state index is 13.5. The van der Waals surface area contributed by atoms with Crippen LogP contribution in [0.5, 0.6) is 0 Å². The Morgan fingerprint density at radius 3 is 2.58 bits per heavy atom. The molecule has 0 aliphatic rings. The molecule has 0 aliphatic carbocycles. The van der Waals surface area contributed by atoms with E-state index >= 15 is 0 Å². The molecule has 19 heavy (non-hydrogen) atoms. The fraction of sp³-hybridized carbons (Fsp3) is 0. The third-order valence-electron chi connectivity index (χ3n) is 2.30. The van der Waals surface area contributed by atoms with Gasteiger partial charge in [0.05, 0.1) is 5.69 Å². The van der Waals surface area contributed by atoms with Crippen LogP contribution in [0.4, 0.5) is 10.1 Å². The Hall–Kier alpha value is -2.34. The molecule has 3 N–H and O–H groups in total. The van der Waals surface area contributed by atoms with E-state index < -0.39 is 17.6 Å². The van der Waals surface area contributed by atoms with E-state index in [1.165, 1.54) is 18.2 Å². The number of primary amides is 1. The molecule has 0 aliphatic heterocycles. The van der Waals surface area contributed by atoms with Gasteiger partial charge in [-0.3, -0.25) is 9.59 Å². The lowest BCUT2D eigenvalue weighted by atomic mass is 10.2. The summed E-state index contributed by atoms with van der Waals surface area (Å²) in [5.74, 6) is -2.19. The minimum atomic E-state index is -0.725. The van der Waals surface area contributed by atoms with E-state index in [0.717, 1.165) is 12.1 Å². The number of amides is 2. The molecule has 98 valence electrons. The van der Waals surface area contributed by atoms with Crippen LogP contribution in [-0.2, 0) is 0 Å². The molecule has 0 saturated carbocycles. The second kappa shape index (κ2) is 5.11. The Morgan fingerprint density at radius 2 is 2.00 bits per heavy atom. The van der Waals surface area contributed by atoms with Crippen LogP contribution in [0.3, 0.4) is 0 Å². The number of benzene rings is 1. The lowest BCUT2D eigenvalue weighted by molar-refractivity contribution is 0.0988. The first kappa shape index (κ1) is 13.1. The summed E-state index contributed by atoms with van der Waals surface area (Å²) in [7, 11) is 0. The fourth-order valence-electron chi connectivity index (χ4n) is 1.39. The van der Waals surface area contributed by atoms with Crippen LogP contribution in [0.15, 0.2) is 34.7 Å². The molecule has 1 aromatic heterocycles. The lowest BCUT2D eigenvalue weighted by Crippen LogP contribution is -2.15. The van der Waals surface area contributed by atoms with Crippen LogP contribution in [0.2, 0.25) is 5.22 Å². The van der Waals surface area contributed by atoms with Crippen molar-refractivity contribution in [2.75, 3.05) is 5.32 Å². The van der Waals surface area contributed by atoms with Gasteiger partial charge in [-0.2, -0.15) is 0 Å². The van der Waals surface area contributed by atoms with E-state index in [9.17, 15) is 14.0 Å². The maximum atomic E-state index is 13.5. The quantitative estimate of drug-likeness (QED) is 0.906. The fourth-order valence-corrected chi connectivity index (χ4v) is 1.54. The Labute approximate surface area is 112 Å².